The third kappa shape index (κ3) is 4.49. The van der Waals surface area contributed by atoms with Crippen LogP contribution in [0.2, 0.25) is 5.02 Å². The van der Waals surface area contributed by atoms with Crippen molar-refractivity contribution >= 4 is 11.6 Å². The Hall–Kier alpha value is -1.67. The number of benzene rings is 2. The van der Waals surface area contributed by atoms with Crippen LogP contribution in [-0.4, -0.2) is 58.1 Å². The van der Waals surface area contributed by atoms with Crippen LogP contribution in [0.1, 0.15) is 39.3 Å². The van der Waals surface area contributed by atoms with Gasteiger partial charge in [0.05, 0.1) is 20.1 Å². The van der Waals surface area contributed by atoms with E-state index in [-0.39, 0.29) is 28.5 Å². The van der Waals surface area contributed by atoms with Gasteiger partial charge in [0.25, 0.3) is 0 Å². The van der Waals surface area contributed by atoms with Crippen molar-refractivity contribution in [2.45, 2.75) is 43.8 Å². The summed E-state index contributed by atoms with van der Waals surface area (Å²) in [6, 6.07) is 0.926. The summed E-state index contributed by atoms with van der Waals surface area (Å²) in [5.74, 6) is -0.326. The first-order valence-corrected chi connectivity index (χ1v) is 8.98. The number of hydrogen-bond acceptors (Lipinski definition) is 6. The molecule has 6 nitrogen and oxygen atoms in total. The number of halogens is 1. The molecule has 1 aliphatic rings. The summed E-state index contributed by atoms with van der Waals surface area (Å²) in [5, 5.41) is 40.0. The van der Waals surface area contributed by atoms with Gasteiger partial charge in [-0.15, -0.1) is 0 Å². The van der Waals surface area contributed by atoms with Gasteiger partial charge >= 0.3 is 0 Å². The predicted octanol–water partition coefficient (Wildman–Crippen LogP) is 1.84. The van der Waals surface area contributed by atoms with E-state index in [0.717, 1.165) is 6.07 Å². The van der Waals surface area contributed by atoms with Gasteiger partial charge in [0, 0.05) is 7.76 Å². The Balaban J connectivity index is 2.19. The van der Waals surface area contributed by atoms with Gasteiger partial charge in [0.2, 0.25) is 0 Å². The number of ether oxygens (including phenoxy) is 2. The van der Waals surface area contributed by atoms with Crippen LogP contribution in [0.15, 0.2) is 42.4 Å². The maximum Gasteiger partial charge on any atom is 0.119 e. The van der Waals surface area contributed by atoms with E-state index in [4.69, 9.17) is 30.7 Å². The lowest BCUT2D eigenvalue weighted by atomic mass is 9.90. The molecule has 0 unspecified atom stereocenters. The van der Waals surface area contributed by atoms with E-state index in [1.165, 1.54) is 12.1 Å². The van der Waals surface area contributed by atoms with Gasteiger partial charge in [-0.3, -0.25) is 0 Å². The molecule has 1 heterocycles. The Kier molecular flexibility index (Phi) is 4.46. The number of aliphatic hydroxyl groups excluding tert-OH is 4. The molecule has 1 saturated heterocycles. The lowest BCUT2D eigenvalue weighted by Gasteiger charge is -2.40. The largest absolute Gasteiger partial charge is 0.494 e. The Labute approximate surface area is 178 Å². The van der Waals surface area contributed by atoms with E-state index < -0.39 is 73.2 Å². The normalized spacial score (nSPS) is 34.3. The molecule has 1 fully saturated rings. The molecule has 0 aliphatic carbocycles. The van der Waals surface area contributed by atoms with E-state index in [1.54, 1.807) is 6.92 Å². The fourth-order valence-electron chi connectivity index (χ4n) is 2.74. The van der Waals surface area contributed by atoms with Crippen molar-refractivity contribution in [3.63, 3.8) is 0 Å². The SMILES string of the molecule is [2H]c1c([2H])c(C([2H])([2H])c2cc([C@]3([2H])O[C@H](CO)[C@@H](O)[C@H](O)[C@H]3O)ccc2Cl)c([2H])c([2H])c1OCC. The van der Waals surface area contributed by atoms with Crippen molar-refractivity contribution in [3.05, 3.63) is 64.1 Å². The fourth-order valence-corrected chi connectivity index (χ4v) is 2.90. The molecular weight excluding hydrogens is 384 g/mol. The van der Waals surface area contributed by atoms with Crippen LogP contribution in [0.4, 0.5) is 0 Å². The van der Waals surface area contributed by atoms with Crippen LogP contribution in [0.5, 0.6) is 5.75 Å². The highest BCUT2D eigenvalue weighted by Gasteiger charge is 2.43. The maximum absolute atomic E-state index is 10.5. The quantitative estimate of drug-likeness (QED) is 0.574. The number of aliphatic hydroxyl groups is 4. The van der Waals surface area contributed by atoms with E-state index in [2.05, 4.69) is 0 Å². The number of hydrogen-bond donors (Lipinski definition) is 4. The molecule has 28 heavy (non-hydrogen) atoms. The van der Waals surface area contributed by atoms with Crippen molar-refractivity contribution in [1.82, 2.24) is 0 Å². The minimum absolute atomic E-state index is 0.0695. The van der Waals surface area contributed by atoms with Gasteiger partial charge in [-0.25, -0.2) is 0 Å². The standard InChI is InChI=1S/C21H25ClO6/c1-2-27-15-6-3-12(4-7-15)9-14-10-13(5-8-16(14)22)21-20(26)19(25)18(24)17(11-23)28-21/h3-8,10,17-21,23-26H,2,9,11H2,1H3/t17-,18-,19+,20-,21+/m1/s1/i3D,4D,6D,7D,9D2,21D. The van der Waals surface area contributed by atoms with Gasteiger partial charge in [-0.1, -0.05) is 35.8 Å². The highest BCUT2D eigenvalue weighted by atomic mass is 35.5. The van der Waals surface area contributed by atoms with Crippen molar-refractivity contribution in [2.75, 3.05) is 13.2 Å². The monoisotopic (exact) mass is 415 g/mol. The number of rotatable bonds is 6. The average molecular weight is 416 g/mol. The molecule has 5 atom stereocenters. The van der Waals surface area contributed by atoms with Crippen molar-refractivity contribution in [3.8, 4) is 5.75 Å². The molecule has 0 saturated carbocycles. The molecule has 0 amide bonds. The van der Waals surface area contributed by atoms with E-state index in [0.29, 0.717) is 0 Å². The maximum atomic E-state index is 10.5. The van der Waals surface area contributed by atoms with Crippen LogP contribution in [-0.2, 0) is 11.1 Å². The van der Waals surface area contributed by atoms with Gasteiger partial charge < -0.3 is 29.9 Å². The van der Waals surface area contributed by atoms with Gasteiger partial charge in [-0.05, 0) is 48.1 Å². The topological polar surface area (TPSA) is 99.4 Å². The van der Waals surface area contributed by atoms with Crippen molar-refractivity contribution in [1.29, 1.82) is 0 Å². The summed E-state index contributed by atoms with van der Waals surface area (Å²) in [4.78, 5) is 0. The van der Waals surface area contributed by atoms with Gasteiger partial charge in [0.15, 0.2) is 0 Å². The van der Waals surface area contributed by atoms with Crippen molar-refractivity contribution in [2.24, 2.45) is 0 Å². The van der Waals surface area contributed by atoms with Gasteiger partial charge in [-0.2, -0.15) is 0 Å². The predicted molar refractivity (Wildman–Crippen MR) is 105 cm³/mol. The Bertz CT molecular complexity index is 1090. The third-order valence-electron chi connectivity index (χ3n) is 4.18. The second-order valence-electron chi connectivity index (χ2n) is 6.09. The Morgan fingerprint density at radius 1 is 1.18 bits per heavy atom. The molecule has 0 radical (unpaired) electrons. The van der Waals surface area contributed by atoms with Crippen LogP contribution in [0.3, 0.4) is 0 Å². The molecule has 2 aromatic carbocycles. The molecule has 0 bridgehead atoms. The van der Waals surface area contributed by atoms with E-state index in [1.807, 2.05) is 0 Å². The molecule has 7 heteroatoms. The second kappa shape index (κ2) is 9.22. The molecule has 152 valence electrons. The molecule has 0 spiro atoms. The molecule has 2 aromatic rings. The molecule has 0 aromatic heterocycles. The average Bonchev–Trinajstić information content (AvgIpc) is 2.81. The zero-order valence-corrected chi connectivity index (χ0v) is 15.7. The van der Waals surface area contributed by atoms with Crippen LogP contribution in [0, 0.1) is 0 Å². The highest BCUT2D eigenvalue weighted by Crippen LogP contribution is 2.34. The molecule has 1 aliphatic heterocycles. The molecule has 3 rings (SSSR count). The summed E-state index contributed by atoms with van der Waals surface area (Å²) >= 11 is 6.25. The minimum Gasteiger partial charge on any atom is -0.494 e. The molecular formula is C21H25ClO6. The summed E-state index contributed by atoms with van der Waals surface area (Å²) in [5.41, 5.74) is -1.17. The third-order valence-corrected chi connectivity index (χ3v) is 4.51. The first-order valence-electron chi connectivity index (χ1n) is 12.1. The highest BCUT2D eigenvalue weighted by molar-refractivity contribution is 6.31. The van der Waals surface area contributed by atoms with E-state index in [9.17, 15) is 20.4 Å². The zero-order chi connectivity index (χ0) is 26.5. The van der Waals surface area contributed by atoms with Gasteiger partial charge in [0.1, 0.15) is 36.2 Å². The van der Waals surface area contributed by atoms with Crippen LogP contribution < -0.4 is 4.74 Å². The second-order valence-corrected chi connectivity index (χ2v) is 6.49. The summed E-state index contributed by atoms with van der Waals surface area (Å²) in [6.07, 6.45) is -12.1. The lowest BCUT2D eigenvalue weighted by Crippen LogP contribution is -2.55. The van der Waals surface area contributed by atoms with Crippen LogP contribution in [0.25, 0.3) is 0 Å². The van der Waals surface area contributed by atoms with E-state index >= 15 is 0 Å². The first kappa shape index (κ1) is 13.5. The Morgan fingerprint density at radius 3 is 2.54 bits per heavy atom. The summed E-state index contributed by atoms with van der Waals surface area (Å²) in [6.45, 7) is 0.891. The fraction of sp³-hybridized carbons (Fsp3) is 0.429. The minimum atomic E-state index is -2.72. The summed E-state index contributed by atoms with van der Waals surface area (Å²) in [7, 11) is 0. The summed E-state index contributed by atoms with van der Waals surface area (Å²) < 4.78 is 69.5. The van der Waals surface area contributed by atoms with Crippen molar-refractivity contribution < 1.29 is 39.5 Å². The smallest absolute Gasteiger partial charge is 0.119 e. The Morgan fingerprint density at radius 2 is 1.89 bits per heavy atom. The first-order chi connectivity index (χ1) is 16.2. The molecule has 4 N–H and O–H groups in total. The zero-order valence-electron chi connectivity index (χ0n) is 21.9. The lowest BCUT2D eigenvalue weighted by molar-refractivity contribution is -0.231. The van der Waals surface area contributed by atoms with Crippen LogP contribution >= 0.6 is 11.6 Å².